The fourth-order valence-corrected chi connectivity index (χ4v) is 1.87. The fourth-order valence-electron chi connectivity index (χ4n) is 0.827. The molecule has 0 heterocycles. The van der Waals surface area contributed by atoms with E-state index in [1.165, 1.54) is 0 Å². The molecule has 1 nitrogen and oxygen atoms in total. The van der Waals surface area contributed by atoms with Crippen LogP contribution in [0.4, 0.5) is 0 Å². The van der Waals surface area contributed by atoms with Crippen LogP contribution in [0, 0.1) is 0 Å². The third-order valence-electron chi connectivity index (χ3n) is 1.32. The Morgan fingerprint density at radius 3 is 2.67 bits per heavy atom. The van der Waals surface area contributed by atoms with Crippen molar-refractivity contribution in [2.24, 2.45) is 0 Å². The average molecular weight is 222 g/mol. The zero-order chi connectivity index (χ0) is 9.14. The van der Waals surface area contributed by atoms with Gasteiger partial charge in [-0.2, -0.15) is 5.87 Å². The fraction of sp³-hybridized carbons (Fsp3) is 0.125. The van der Waals surface area contributed by atoms with Crippen molar-refractivity contribution >= 4 is 39.5 Å². The number of hydrogen-bond donors (Lipinski definition) is 0. The SMILES string of the molecule is C=[S-](=O)Cc1cc(Cl)ccc1Cl. The maximum atomic E-state index is 10.8. The molecular weight excluding hydrogens is 215 g/mol. The standard InChI is InChI=1S/C8H7Cl2OS/c1-12(11)5-6-4-7(9)2-3-8(6)10/h2-4H,1,5H2/q-1. The minimum absolute atomic E-state index is 0.347. The van der Waals surface area contributed by atoms with Crippen LogP contribution in [-0.4, -0.2) is 5.87 Å². The van der Waals surface area contributed by atoms with Crippen LogP contribution < -0.4 is 0 Å². The van der Waals surface area contributed by atoms with Crippen molar-refractivity contribution in [3.63, 3.8) is 0 Å². The van der Waals surface area contributed by atoms with Crippen molar-refractivity contribution in [2.75, 3.05) is 0 Å². The molecule has 0 amide bonds. The van der Waals surface area contributed by atoms with Gasteiger partial charge in [-0.15, -0.1) is 0 Å². The van der Waals surface area contributed by atoms with Gasteiger partial charge in [-0.3, -0.25) is 10.4 Å². The highest BCUT2D eigenvalue weighted by Crippen LogP contribution is 2.20. The van der Waals surface area contributed by atoms with Crippen LogP contribution >= 0.6 is 23.2 Å². The summed E-state index contributed by atoms with van der Waals surface area (Å²) in [6.45, 7) is 0. The van der Waals surface area contributed by atoms with Crippen molar-refractivity contribution in [1.82, 2.24) is 0 Å². The Kier molecular flexibility index (Phi) is 3.44. The third-order valence-corrected chi connectivity index (χ3v) is 2.56. The zero-order valence-corrected chi connectivity index (χ0v) is 8.55. The first kappa shape index (κ1) is 9.90. The maximum absolute atomic E-state index is 10.8. The van der Waals surface area contributed by atoms with E-state index in [9.17, 15) is 4.21 Å². The third kappa shape index (κ3) is 2.70. The Hall–Kier alpha value is -0.180. The van der Waals surface area contributed by atoms with Gasteiger partial charge in [0.2, 0.25) is 0 Å². The molecule has 1 rings (SSSR count). The van der Waals surface area contributed by atoms with Crippen LogP contribution in [0.1, 0.15) is 5.56 Å². The molecule has 0 saturated carbocycles. The molecule has 1 aromatic rings. The number of benzene rings is 1. The first-order chi connectivity index (χ1) is 5.59. The lowest BCUT2D eigenvalue weighted by Crippen LogP contribution is -1.86. The summed E-state index contributed by atoms with van der Waals surface area (Å²) in [5.41, 5.74) is 0.775. The largest absolute Gasteiger partial charge is 0.461 e. The van der Waals surface area contributed by atoms with E-state index >= 15 is 0 Å². The molecule has 0 N–H and O–H groups in total. The Morgan fingerprint density at radius 1 is 1.42 bits per heavy atom. The minimum atomic E-state index is -1.13. The van der Waals surface area contributed by atoms with Crippen LogP contribution in [0.5, 0.6) is 0 Å². The van der Waals surface area contributed by atoms with Gasteiger partial charge in [0, 0.05) is 10.0 Å². The summed E-state index contributed by atoms with van der Waals surface area (Å²) in [5.74, 6) is 3.72. The lowest BCUT2D eigenvalue weighted by atomic mass is 10.2. The molecule has 0 fully saturated rings. The van der Waals surface area contributed by atoms with E-state index < -0.39 is 10.4 Å². The van der Waals surface area contributed by atoms with Crippen LogP contribution in [0.25, 0.3) is 0 Å². The average Bonchev–Trinajstić information content (AvgIpc) is 1.96. The Bertz CT molecular complexity index is 350. The van der Waals surface area contributed by atoms with E-state index in [4.69, 9.17) is 23.2 Å². The van der Waals surface area contributed by atoms with Gasteiger partial charge in [-0.25, -0.2) is 0 Å². The summed E-state index contributed by atoms with van der Waals surface area (Å²) in [4.78, 5) is 0. The first-order valence-corrected chi connectivity index (χ1v) is 5.46. The molecule has 0 spiro atoms. The molecule has 0 saturated heterocycles. The molecule has 4 heteroatoms. The quantitative estimate of drug-likeness (QED) is 0.555. The summed E-state index contributed by atoms with van der Waals surface area (Å²) >= 11 is 11.5. The first-order valence-electron chi connectivity index (χ1n) is 3.21. The topological polar surface area (TPSA) is 17.1 Å². The molecule has 0 radical (unpaired) electrons. The zero-order valence-electron chi connectivity index (χ0n) is 6.22. The number of hydrogen-bond acceptors (Lipinski definition) is 2. The second-order valence-electron chi connectivity index (χ2n) is 2.32. The van der Waals surface area contributed by atoms with Gasteiger partial charge < -0.3 is 4.21 Å². The summed E-state index contributed by atoms with van der Waals surface area (Å²) in [6, 6.07) is 5.08. The lowest BCUT2D eigenvalue weighted by molar-refractivity contribution is 0.603. The molecular formula is C8H7Cl2OS-. The smallest absolute Gasteiger partial charge is 0.0421 e. The molecule has 66 valence electrons. The van der Waals surface area contributed by atoms with Crippen molar-refractivity contribution in [3.05, 3.63) is 33.8 Å². The van der Waals surface area contributed by atoms with Gasteiger partial charge in [-0.1, -0.05) is 29.0 Å². The highest BCUT2D eigenvalue weighted by atomic mass is 35.5. The molecule has 0 atom stereocenters. The van der Waals surface area contributed by atoms with Crippen molar-refractivity contribution in [1.29, 1.82) is 0 Å². The van der Waals surface area contributed by atoms with Gasteiger partial charge in [0.05, 0.1) is 0 Å². The van der Waals surface area contributed by atoms with Crippen molar-refractivity contribution in [2.45, 2.75) is 5.75 Å². The van der Waals surface area contributed by atoms with Gasteiger partial charge in [-0.05, 0) is 23.8 Å². The summed E-state index contributed by atoms with van der Waals surface area (Å²) in [7, 11) is -1.13. The second-order valence-corrected chi connectivity index (χ2v) is 4.33. The van der Waals surface area contributed by atoms with Crippen LogP contribution in [0.15, 0.2) is 18.2 Å². The van der Waals surface area contributed by atoms with Crippen LogP contribution in [0.3, 0.4) is 0 Å². The highest BCUT2D eigenvalue weighted by Gasteiger charge is 1.96. The van der Waals surface area contributed by atoms with Crippen LogP contribution in [-0.2, 0) is 20.4 Å². The highest BCUT2D eigenvalue weighted by molar-refractivity contribution is 7.81. The van der Waals surface area contributed by atoms with E-state index in [1.807, 2.05) is 0 Å². The normalized spacial score (nSPS) is 10.6. The van der Waals surface area contributed by atoms with Gasteiger partial charge in [0.25, 0.3) is 0 Å². The Labute approximate surface area is 83.3 Å². The van der Waals surface area contributed by atoms with E-state index in [1.54, 1.807) is 18.2 Å². The van der Waals surface area contributed by atoms with E-state index in [0.29, 0.717) is 15.8 Å². The Balaban J connectivity index is 3.05. The van der Waals surface area contributed by atoms with Gasteiger partial charge in [0.15, 0.2) is 0 Å². The second kappa shape index (κ2) is 4.17. The molecule has 0 aromatic heterocycles. The molecule has 0 bridgehead atoms. The predicted octanol–water partition coefficient (Wildman–Crippen LogP) is 2.89. The van der Waals surface area contributed by atoms with E-state index in [-0.39, 0.29) is 0 Å². The maximum Gasteiger partial charge on any atom is 0.0421 e. The molecule has 0 aliphatic heterocycles. The number of rotatable bonds is 2. The predicted molar refractivity (Wildman–Crippen MR) is 55.3 cm³/mol. The summed E-state index contributed by atoms with van der Waals surface area (Å²) < 4.78 is 10.8. The van der Waals surface area contributed by atoms with Crippen molar-refractivity contribution < 1.29 is 4.21 Å². The van der Waals surface area contributed by atoms with Gasteiger partial charge in [0.1, 0.15) is 0 Å². The Morgan fingerprint density at radius 2 is 2.08 bits per heavy atom. The van der Waals surface area contributed by atoms with E-state index in [2.05, 4.69) is 5.87 Å². The minimum Gasteiger partial charge on any atom is -0.461 e. The van der Waals surface area contributed by atoms with E-state index in [0.717, 1.165) is 5.56 Å². The molecule has 0 unspecified atom stereocenters. The molecule has 0 aliphatic rings. The number of halogens is 2. The monoisotopic (exact) mass is 221 g/mol. The van der Waals surface area contributed by atoms with Crippen molar-refractivity contribution in [3.8, 4) is 0 Å². The molecule has 12 heavy (non-hydrogen) atoms. The van der Waals surface area contributed by atoms with Gasteiger partial charge >= 0.3 is 0 Å². The van der Waals surface area contributed by atoms with Crippen LogP contribution in [0.2, 0.25) is 10.0 Å². The summed E-state index contributed by atoms with van der Waals surface area (Å²) in [6.07, 6.45) is 0. The lowest BCUT2D eigenvalue weighted by Gasteiger charge is -2.05. The molecule has 1 aromatic carbocycles. The molecule has 0 aliphatic carbocycles. The summed E-state index contributed by atoms with van der Waals surface area (Å²) in [5, 5.41) is 1.18.